The van der Waals surface area contributed by atoms with Crippen molar-refractivity contribution in [1.82, 2.24) is 5.32 Å². The largest absolute Gasteiger partial charge is 0.317 e. The first-order valence-electron chi connectivity index (χ1n) is 5.61. The number of nitrogens with one attached hydrogen (secondary N) is 2. The highest BCUT2D eigenvalue weighted by Gasteiger charge is 2.12. The molecule has 0 bridgehead atoms. The molecule has 1 aromatic rings. The summed E-state index contributed by atoms with van der Waals surface area (Å²) in [7, 11) is -3.37. The molecule has 0 fully saturated rings. The number of rotatable bonds is 7. The summed E-state index contributed by atoms with van der Waals surface area (Å²) in [4.78, 5) is 0. The smallest absolute Gasteiger partial charge is 0.232 e. The van der Waals surface area contributed by atoms with E-state index < -0.39 is 10.0 Å². The maximum atomic E-state index is 11.8. The van der Waals surface area contributed by atoms with Crippen LogP contribution < -0.4 is 10.0 Å². The van der Waals surface area contributed by atoms with Gasteiger partial charge in [0.2, 0.25) is 10.0 Å². The summed E-state index contributed by atoms with van der Waals surface area (Å²) in [5.41, 5.74) is 0.351. The van der Waals surface area contributed by atoms with Crippen LogP contribution in [0, 0.1) is 0 Å². The first-order chi connectivity index (χ1) is 8.44. The monoisotopic (exact) mass is 310 g/mol. The Morgan fingerprint density at radius 1 is 1.28 bits per heavy atom. The topological polar surface area (TPSA) is 58.2 Å². The van der Waals surface area contributed by atoms with E-state index in [9.17, 15) is 8.42 Å². The van der Waals surface area contributed by atoms with Crippen molar-refractivity contribution in [3.63, 3.8) is 0 Å². The van der Waals surface area contributed by atoms with Gasteiger partial charge in [-0.25, -0.2) is 8.42 Å². The van der Waals surface area contributed by atoms with Crippen LogP contribution in [0.25, 0.3) is 0 Å². The molecular weight excluding hydrogens is 295 g/mol. The van der Waals surface area contributed by atoms with E-state index in [1.54, 1.807) is 12.1 Å². The van der Waals surface area contributed by atoms with E-state index in [2.05, 4.69) is 10.0 Å². The second-order valence-corrected chi connectivity index (χ2v) is 6.44. The van der Waals surface area contributed by atoms with Crippen LogP contribution >= 0.6 is 23.2 Å². The second-order valence-electron chi connectivity index (χ2n) is 3.75. The molecular formula is C11H16Cl2N2O2S. The molecule has 0 aliphatic carbocycles. The van der Waals surface area contributed by atoms with Gasteiger partial charge in [-0.2, -0.15) is 0 Å². The van der Waals surface area contributed by atoms with Gasteiger partial charge in [-0.1, -0.05) is 30.1 Å². The summed E-state index contributed by atoms with van der Waals surface area (Å²) in [5, 5.41) is 3.83. The Bertz CT molecular complexity index is 492. The minimum absolute atomic E-state index is 0.0545. The van der Waals surface area contributed by atoms with E-state index in [0.29, 0.717) is 23.7 Å². The average molecular weight is 311 g/mol. The highest BCUT2D eigenvalue weighted by atomic mass is 35.5. The molecule has 0 heterocycles. The van der Waals surface area contributed by atoms with Crippen molar-refractivity contribution in [2.45, 2.75) is 13.3 Å². The lowest BCUT2D eigenvalue weighted by Crippen LogP contribution is -2.22. The zero-order chi connectivity index (χ0) is 13.6. The average Bonchev–Trinajstić information content (AvgIpc) is 2.28. The third-order valence-corrected chi connectivity index (χ3v) is 4.12. The molecule has 0 saturated carbocycles. The maximum absolute atomic E-state index is 11.8. The maximum Gasteiger partial charge on any atom is 0.232 e. The molecule has 0 amide bonds. The van der Waals surface area contributed by atoms with Crippen molar-refractivity contribution < 1.29 is 8.42 Å². The summed E-state index contributed by atoms with van der Waals surface area (Å²) in [6.45, 7) is 3.47. The van der Waals surface area contributed by atoms with Gasteiger partial charge in [-0.15, -0.1) is 0 Å². The number of halogens is 2. The van der Waals surface area contributed by atoms with Gasteiger partial charge < -0.3 is 5.32 Å². The van der Waals surface area contributed by atoms with Crippen LogP contribution in [0.2, 0.25) is 10.0 Å². The number of benzene rings is 1. The molecule has 1 aromatic carbocycles. The van der Waals surface area contributed by atoms with Crippen LogP contribution in [-0.2, 0) is 10.0 Å². The van der Waals surface area contributed by atoms with Gasteiger partial charge in [0, 0.05) is 5.02 Å². The number of sulfonamides is 1. The van der Waals surface area contributed by atoms with E-state index in [1.165, 1.54) is 6.07 Å². The summed E-state index contributed by atoms with van der Waals surface area (Å²) >= 11 is 11.6. The molecule has 0 aliphatic rings. The van der Waals surface area contributed by atoms with E-state index in [0.717, 1.165) is 6.54 Å². The highest BCUT2D eigenvalue weighted by molar-refractivity contribution is 7.92. The molecule has 4 nitrogen and oxygen atoms in total. The second kappa shape index (κ2) is 7.19. The molecule has 0 spiro atoms. The predicted molar refractivity (Wildman–Crippen MR) is 77.0 cm³/mol. The molecule has 7 heteroatoms. The zero-order valence-corrected chi connectivity index (χ0v) is 12.4. The van der Waals surface area contributed by atoms with Crippen LogP contribution in [-0.4, -0.2) is 27.3 Å². The van der Waals surface area contributed by atoms with E-state index in [-0.39, 0.29) is 10.8 Å². The standard InChI is InChI=1S/C11H16Cl2N2O2S/c1-2-14-6-3-7-18(16,17)15-11-5-4-9(12)8-10(11)13/h4-5,8,14-15H,2-3,6-7H2,1H3. The van der Waals surface area contributed by atoms with Gasteiger partial charge in [-0.3, -0.25) is 4.72 Å². The lowest BCUT2D eigenvalue weighted by Gasteiger charge is -2.09. The molecule has 18 heavy (non-hydrogen) atoms. The highest BCUT2D eigenvalue weighted by Crippen LogP contribution is 2.26. The van der Waals surface area contributed by atoms with Crippen molar-refractivity contribution in [3.8, 4) is 0 Å². The third kappa shape index (κ3) is 5.44. The molecule has 2 N–H and O–H groups in total. The van der Waals surface area contributed by atoms with E-state index in [1.807, 2.05) is 6.92 Å². The van der Waals surface area contributed by atoms with Crippen molar-refractivity contribution in [1.29, 1.82) is 0 Å². The van der Waals surface area contributed by atoms with Gasteiger partial charge in [-0.05, 0) is 37.7 Å². The fourth-order valence-electron chi connectivity index (χ4n) is 1.35. The Labute approximate surface area is 118 Å². The molecule has 0 unspecified atom stereocenters. The Hall–Kier alpha value is -0.490. The van der Waals surface area contributed by atoms with Crippen LogP contribution in [0.3, 0.4) is 0 Å². The fourth-order valence-corrected chi connectivity index (χ4v) is 3.01. The molecule has 0 aromatic heterocycles. The Balaban J connectivity index is 2.59. The van der Waals surface area contributed by atoms with Gasteiger partial charge in [0.1, 0.15) is 0 Å². The predicted octanol–water partition coefficient (Wildman–Crippen LogP) is 2.73. The van der Waals surface area contributed by atoms with Crippen LogP contribution in [0.5, 0.6) is 0 Å². The van der Waals surface area contributed by atoms with Gasteiger partial charge in [0.25, 0.3) is 0 Å². The lowest BCUT2D eigenvalue weighted by atomic mass is 10.3. The van der Waals surface area contributed by atoms with Crippen LogP contribution in [0.1, 0.15) is 13.3 Å². The Morgan fingerprint density at radius 2 is 2.00 bits per heavy atom. The third-order valence-electron chi connectivity index (χ3n) is 2.21. The van der Waals surface area contributed by atoms with Gasteiger partial charge in [0.05, 0.1) is 16.5 Å². The van der Waals surface area contributed by atoms with Crippen LogP contribution in [0.15, 0.2) is 18.2 Å². The van der Waals surface area contributed by atoms with Crippen molar-refractivity contribution in [2.75, 3.05) is 23.6 Å². The number of anilines is 1. The Kier molecular flexibility index (Phi) is 6.21. The van der Waals surface area contributed by atoms with E-state index in [4.69, 9.17) is 23.2 Å². The fraction of sp³-hybridized carbons (Fsp3) is 0.455. The Morgan fingerprint density at radius 3 is 2.61 bits per heavy atom. The van der Waals surface area contributed by atoms with Crippen molar-refractivity contribution in [2.24, 2.45) is 0 Å². The molecule has 102 valence electrons. The molecule has 0 radical (unpaired) electrons. The quantitative estimate of drug-likeness (QED) is 0.761. The normalized spacial score (nSPS) is 11.5. The van der Waals surface area contributed by atoms with Gasteiger partial charge >= 0.3 is 0 Å². The van der Waals surface area contributed by atoms with E-state index >= 15 is 0 Å². The minimum Gasteiger partial charge on any atom is -0.317 e. The summed E-state index contributed by atoms with van der Waals surface area (Å²) < 4.78 is 26.0. The first-order valence-corrected chi connectivity index (χ1v) is 8.01. The minimum atomic E-state index is -3.37. The summed E-state index contributed by atoms with van der Waals surface area (Å²) in [6.07, 6.45) is 0.550. The molecule has 0 aliphatic heterocycles. The lowest BCUT2D eigenvalue weighted by molar-refractivity contribution is 0.595. The molecule has 1 rings (SSSR count). The van der Waals surface area contributed by atoms with Gasteiger partial charge in [0.15, 0.2) is 0 Å². The van der Waals surface area contributed by atoms with Crippen molar-refractivity contribution in [3.05, 3.63) is 28.2 Å². The zero-order valence-electron chi connectivity index (χ0n) is 10.0. The summed E-state index contributed by atoms with van der Waals surface area (Å²) in [5.74, 6) is 0.0545. The summed E-state index contributed by atoms with van der Waals surface area (Å²) in [6, 6.07) is 4.63. The molecule has 0 saturated heterocycles. The number of hydrogen-bond acceptors (Lipinski definition) is 3. The molecule has 0 atom stereocenters. The van der Waals surface area contributed by atoms with Crippen molar-refractivity contribution >= 4 is 38.9 Å². The first kappa shape index (κ1) is 15.6. The SMILES string of the molecule is CCNCCCS(=O)(=O)Nc1ccc(Cl)cc1Cl. The number of hydrogen-bond donors (Lipinski definition) is 2. The van der Waals surface area contributed by atoms with Crippen LogP contribution in [0.4, 0.5) is 5.69 Å².